The van der Waals surface area contributed by atoms with E-state index in [-0.39, 0.29) is 5.95 Å². The number of aromatic nitrogens is 3. The van der Waals surface area contributed by atoms with E-state index in [4.69, 9.17) is 28.9 Å². The fourth-order valence-corrected chi connectivity index (χ4v) is 2.18. The fraction of sp³-hybridized carbons (Fsp3) is 0. The van der Waals surface area contributed by atoms with Crippen molar-refractivity contribution < 1.29 is 0 Å². The number of nitrogens with zero attached hydrogens (tertiary/aromatic N) is 3. The van der Waals surface area contributed by atoms with Crippen LogP contribution >= 0.6 is 23.2 Å². The highest BCUT2D eigenvalue weighted by atomic mass is 35.5. The van der Waals surface area contributed by atoms with Crippen molar-refractivity contribution in [2.75, 3.05) is 11.1 Å². The fourth-order valence-electron chi connectivity index (χ4n) is 1.87. The molecular weight excluding hydrogens is 321 g/mol. The van der Waals surface area contributed by atoms with Crippen molar-refractivity contribution in [1.82, 2.24) is 15.0 Å². The molecule has 0 aliphatic heterocycles. The Hall–Kier alpha value is -2.37. The highest BCUT2D eigenvalue weighted by Gasteiger charge is 2.07. The predicted molar refractivity (Wildman–Crippen MR) is 89.4 cm³/mol. The van der Waals surface area contributed by atoms with Gasteiger partial charge in [-0.05, 0) is 36.4 Å². The second-order valence-corrected chi connectivity index (χ2v) is 5.36. The van der Waals surface area contributed by atoms with E-state index < -0.39 is 0 Å². The predicted octanol–water partition coefficient (Wildman–Crippen LogP) is 4.17. The van der Waals surface area contributed by atoms with Gasteiger partial charge >= 0.3 is 0 Å². The molecule has 0 bridgehead atoms. The van der Waals surface area contributed by atoms with Gasteiger partial charge in [-0.1, -0.05) is 35.3 Å². The van der Waals surface area contributed by atoms with Gasteiger partial charge in [0.15, 0.2) is 5.82 Å². The summed E-state index contributed by atoms with van der Waals surface area (Å²) < 4.78 is 0. The third kappa shape index (κ3) is 3.44. The van der Waals surface area contributed by atoms with Crippen molar-refractivity contribution in [2.24, 2.45) is 0 Å². The van der Waals surface area contributed by atoms with E-state index in [9.17, 15) is 0 Å². The lowest BCUT2D eigenvalue weighted by Gasteiger charge is -2.07. The minimum atomic E-state index is 0.126. The molecule has 0 fully saturated rings. The third-order valence-electron chi connectivity index (χ3n) is 2.84. The normalized spacial score (nSPS) is 10.5. The van der Waals surface area contributed by atoms with Gasteiger partial charge in [0.2, 0.25) is 11.9 Å². The first-order valence-corrected chi connectivity index (χ1v) is 7.16. The van der Waals surface area contributed by atoms with E-state index in [1.165, 1.54) is 0 Å². The first kappa shape index (κ1) is 14.6. The number of nitrogen functional groups attached to an aromatic ring is 1. The van der Waals surface area contributed by atoms with Crippen LogP contribution in [0.3, 0.4) is 0 Å². The van der Waals surface area contributed by atoms with Gasteiger partial charge in [0.1, 0.15) is 0 Å². The lowest BCUT2D eigenvalue weighted by Crippen LogP contribution is -2.04. The van der Waals surface area contributed by atoms with E-state index >= 15 is 0 Å². The van der Waals surface area contributed by atoms with Gasteiger partial charge in [-0.25, -0.2) is 0 Å². The number of benzene rings is 2. The van der Waals surface area contributed by atoms with Gasteiger partial charge < -0.3 is 11.1 Å². The van der Waals surface area contributed by atoms with Crippen LogP contribution in [-0.4, -0.2) is 15.0 Å². The van der Waals surface area contributed by atoms with Crippen LogP contribution in [0.2, 0.25) is 10.0 Å². The Kier molecular flexibility index (Phi) is 4.09. The molecule has 1 heterocycles. The maximum atomic E-state index is 5.99. The van der Waals surface area contributed by atoms with Crippen LogP contribution in [0.1, 0.15) is 0 Å². The van der Waals surface area contributed by atoms with Gasteiger partial charge in [0.05, 0.1) is 0 Å². The summed E-state index contributed by atoms with van der Waals surface area (Å²) in [4.78, 5) is 12.6. The molecule has 0 aliphatic rings. The summed E-state index contributed by atoms with van der Waals surface area (Å²) >= 11 is 11.8. The van der Waals surface area contributed by atoms with Crippen molar-refractivity contribution in [2.45, 2.75) is 0 Å². The highest BCUT2D eigenvalue weighted by molar-refractivity contribution is 6.31. The standard InChI is InChI=1S/C15H11Cl2N5/c16-10-4-6-12(7-5-10)19-15-21-13(20-14(18)22-15)9-2-1-3-11(17)8-9/h1-8H,(H3,18,19,20,21,22). The molecule has 2 aromatic carbocycles. The smallest absolute Gasteiger partial charge is 0.232 e. The molecule has 0 amide bonds. The molecule has 1 aromatic heterocycles. The Balaban J connectivity index is 1.94. The van der Waals surface area contributed by atoms with Crippen LogP contribution < -0.4 is 11.1 Å². The molecule has 0 saturated carbocycles. The van der Waals surface area contributed by atoms with Crippen LogP contribution in [0.25, 0.3) is 11.4 Å². The van der Waals surface area contributed by atoms with E-state index in [0.29, 0.717) is 21.8 Å². The molecule has 0 unspecified atom stereocenters. The Labute approximate surface area is 137 Å². The van der Waals surface area contributed by atoms with Crippen LogP contribution in [0, 0.1) is 0 Å². The van der Waals surface area contributed by atoms with Crippen molar-refractivity contribution >= 4 is 40.8 Å². The van der Waals surface area contributed by atoms with Gasteiger partial charge in [-0.15, -0.1) is 0 Å². The molecule has 0 radical (unpaired) electrons. The molecule has 3 rings (SSSR count). The number of nitrogens with one attached hydrogen (secondary N) is 1. The molecule has 0 saturated heterocycles. The van der Waals surface area contributed by atoms with Crippen LogP contribution in [0.15, 0.2) is 48.5 Å². The number of rotatable bonds is 3. The highest BCUT2D eigenvalue weighted by Crippen LogP contribution is 2.22. The Morgan fingerprint density at radius 2 is 1.64 bits per heavy atom. The average Bonchev–Trinajstić information content (AvgIpc) is 2.49. The molecule has 0 spiro atoms. The van der Waals surface area contributed by atoms with Crippen molar-refractivity contribution in [3.8, 4) is 11.4 Å². The summed E-state index contributed by atoms with van der Waals surface area (Å²) in [6.07, 6.45) is 0. The monoisotopic (exact) mass is 331 g/mol. The number of nitrogens with two attached hydrogens (primary N) is 1. The average molecular weight is 332 g/mol. The zero-order chi connectivity index (χ0) is 15.5. The summed E-state index contributed by atoms with van der Waals surface area (Å²) in [5.41, 5.74) is 7.32. The van der Waals surface area contributed by atoms with E-state index in [1.54, 1.807) is 24.3 Å². The van der Waals surface area contributed by atoms with Crippen LogP contribution in [-0.2, 0) is 0 Å². The lowest BCUT2D eigenvalue weighted by molar-refractivity contribution is 1.08. The minimum absolute atomic E-state index is 0.126. The van der Waals surface area contributed by atoms with Gasteiger partial charge in [0, 0.05) is 21.3 Å². The Bertz CT molecular complexity index is 805. The largest absolute Gasteiger partial charge is 0.368 e. The maximum Gasteiger partial charge on any atom is 0.232 e. The number of anilines is 3. The molecule has 3 aromatic rings. The van der Waals surface area contributed by atoms with Gasteiger partial charge in [-0.3, -0.25) is 0 Å². The molecular formula is C15H11Cl2N5. The van der Waals surface area contributed by atoms with Crippen molar-refractivity contribution in [1.29, 1.82) is 0 Å². The first-order chi connectivity index (χ1) is 10.6. The number of hydrogen-bond acceptors (Lipinski definition) is 5. The Morgan fingerprint density at radius 1 is 0.864 bits per heavy atom. The third-order valence-corrected chi connectivity index (χ3v) is 3.32. The van der Waals surface area contributed by atoms with Gasteiger partial charge in [-0.2, -0.15) is 15.0 Å². The maximum absolute atomic E-state index is 5.99. The molecule has 7 heteroatoms. The molecule has 3 N–H and O–H groups in total. The van der Waals surface area contributed by atoms with Crippen LogP contribution in [0.4, 0.5) is 17.6 Å². The number of hydrogen-bond donors (Lipinski definition) is 2. The van der Waals surface area contributed by atoms with Crippen LogP contribution in [0.5, 0.6) is 0 Å². The molecule has 5 nitrogen and oxygen atoms in total. The van der Waals surface area contributed by atoms with Crippen molar-refractivity contribution in [3.05, 3.63) is 58.6 Å². The summed E-state index contributed by atoms with van der Waals surface area (Å²) in [7, 11) is 0. The molecule has 0 aliphatic carbocycles. The first-order valence-electron chi connectivity index (χ1n) is 6.40. The van der Waals surface area contributed by atoms with E-state index in [0.717, 1.165) is 11.3 Å². The minimum Gasteiger partial charge on any atom is -0.368 e. The topological polar surface area (TPSA) is 76.7 Å². The van der Waals surface area contributed by atoms with E-state index in [1.807, 2.05) is 24.3 Å². The van der Waals surface area contributed by atoms with Gasteiger partial charge in [0.25, 0.3) is 0 Å². The second-order valence-electron chi connectivity index (χ2n) is 4.48. The number of halogens is 2. The van der Waals surface area contributed by atoms with Crippen molar-refractivity contribution in [3.63, 3.8) is 0 Å². The summed E-state index contributed by atoms with van der Waals surface area (Å²) in [5, 5.41) is 4.32. The quantitative estimate of drug-likeness (QED) is 0.753. The molecule has 22 heavy (non-hydrogen) atoms. The summed E-state index contributed by atoms with van der Waals surface area (Å²) in [6.45, 7) is 0. The second kappa shape index (κ2) is 6.17. The molecule has 0 atom stereocenters. The Morgan fingerprint density at radius 3 is 2.36 bits per heavy atom. The molecule has 110 valence electrons. The zero-order valence-electron chi connectivity index (χ0n) is 11.3. The lowest BCUT2D eigenvalue weighted by atomic mass is 10.2. The summed E-state index contributed by atoms with van der Waals surface area (Å²) in [5.74, 6) is 0.928. The SMILES string of the molecule is Nc1nc(Nc2ccc(Cl)cc2)nc(-c2cccc(Cl)c2)n1. The zero-order valence-corrected chi connectivity index (χ0v) is 12.8. The van der Waals surface area contributed by atoms with E-state index in [2.05, 4.69) is 20.3 Å². The summed E-state index contributed by atoms with van der Waals surface area (Å²) in [6, 6.07) is 14.4.